The summed E-state index contributed by atoms with van der Waals surface area (Å²) >= 11 is 0. The molecule has 0 fully saturated rings. The molecule has 0 spiro atoms. The molecule has 1 atom stereocenters. The number of amides is 2. The SMILES string of the molecule is CCCCNC(=O)C(C)N(Cc1ccc(F)cc1)C(=O)CN(c1ccc(F)cc1)S(C)(=O)=O. The number of carbonyl (C=O) groups excluding carboxylic acids is 2. The van der Waals surface area contributed by atoms with Gasteiger partial charge in [-0.1, -0.05) is 25.5 Å². The zero-order chi connectivity index (χ0) is 24.6. The van der Waals surface area contributed by atoms with Gasteiger partial charge in [-0.25, -0.2) is 17.2 Å². The summed E-state index contributed by atoms with van der Waals surface area (Å²) in [5.74, 6) is -2.01. The average molecular weight is 482 g/mol. The molecule has 2 amide bonds. The minimum absolute atomic E-state index is 0.0253. The molecule has 0 heterocycles. The maximum atomic E-state index is 13.3. The number of rotatable bonds is 11. The first-order valence-corrected chi connectivity index (χ1v) is 12.4. The summed E-state index contributed by atoms with van der Waals surface area (Å²) in [7, 11) is -3.89. The van der Waals surface area contributed by atoms with E-state index in [1.165, 1.54) is 41.3 Å². The third-order valence-corrected chi connectivity index (χ3v) is 6.20. The van der Waals surface area contributed by atoms with Gasteiger partial charge < -0.3 is 10.2 Å². The fraction of sp³-hybridized carbons (Fsp3) is 0.391. The normalized spacial score (nSPS) is 12.2. The third kappa shape index (κ3) is 7.81. The van der Waals surface area contributed by atoms with E-state index in [2.05, 4.69) is 5.32 Å². The topological polar surface area (TPSA) is 86.8 Å². The Morgan fingerprint density at radius 1 is 1.00 bits per heavy atom. The first kappa shape index (κ1) is 26.2. The number of hydrogen-bond acceptors (Lipinski definition) is 4. The first-order valence-electron chi connectivity index (χ1n) is 10.6. The lowest BCUT2D eigenvalue weighted by Crippen LogP contribution is -2.51. The van der Waals surface area contributed by atoms with Crippen LogP contribution in [0.3, 0.4) is 0 Å². The highest BCUT2D eigenvalue weighted by Gasteiger charge is 2.30. The lowest BCUT2D eigenvalue weighted by atomic mass is 10.1. The van der Waals surface area contributed by atoms with Crippen LogP contribution in [0.4, 0.5) is 14.5 Å². The lowest BCUT2D eigenvalue weighted by Gasteiger charge is -2.31. The average Bonchev–Trinajstić information content (AvgIpc) is 2.76. The summed E-state index contributed by atoms with van der Waals surface area (Å²) in [6.07, 6.45) is 2.60. The zero-order valence-corrected chi connectivity index (χ0v) is 19.7. The Morgan fingerprint density at radius 2 is 1.55 bits per heavy atom. The van der Waals surface area contributed by atoms with Gasteiger partial charge in [0.2, 0.25) is 21.8 Å². The fourth-order valence-corrected chi connectivity index (χ4v) is 3.98. The quantitative estimate of drug-likeness (QED) is 0.500. The molecule has 0 bridgehead atoms. The van der Waals surface area contributed by atoms with E-state index in [9.17, 15) is 26.8 Å². The maximum Gasteiger partial charge on any atom is 0.244 e. The largest absolute Gasteiger partial charge is 0.354 e. The standard InChI is InChI=1S/C23H29F2N3O4S/c1-4-5-14-26-23(30)17(2)27(15-18-6-8-19(24)9-7-18)22(29)16-28(33(3,31)32)21-12-10-20(25)11-13-21/h6-13,17H,4-5,14-16H2,1-3H3,(H,26,30). The highest BCUT2D eigenvalue weighted by Crippen LogP contribution is 2.19. The monoisotopic (exact) mass is 481 g/mol. The highest BCUT2D eigenvalue weighted by molar-refractivity contribution is 7.92. The lowest BCUT2D eigenvalue weighted by molar-refractivity contribution is -0.139. The van der Waals surface area contributed by atoms with Gasteiger partial charge in [0.15, 0.2) is 0 Å². The summed E-state index contributed by atoms with van der Waals surface area (Å²) in [5.41, 5.74) is 0.694. The summed E-state index contributed by atoms with van der Waals surface area (Å²) in [4.78, 5) is 27.2. The molecule has 7 nitrogen and oxygen atoms in total. The van der Waals surface area contributed by atoms with E-state index in [1.54, 1.807) is 6.92 Å². The zero-order valence-electron chi connectivity index (χ0n) is 18.9. The molecule has 2 aromatic rings. The van der Waals surface area contributed by atoms with Crippen molar-refractivity contribution in [2.24, 2.45) is 0 Å². The van der Waals surface area contributed by atoms with Crippen LogP contribution < -0.4 is 9.62 Å². The summed E-state index contributed by atoms with van der Waals surface area (Å²) in [6.45, 7) is 3.37. The van der Waals surface area contributed by atoms with Crippen molar-refractivity contribution in [3.63, 3.8) is 0 Å². The van der Waals surface area contributed by atoms with Gasteiger partial charge in [-0.3, -0.25) is 13.9 Å². The second-order valence-corrected chi connectivity index (χ2v) is 9.62. The van der Waals surface area contributed by atoms with E-state index >= 15 is 0 Å². The van der Waals surface area contributed by atoms with Gasteiger partial charge in [0.05, 0.1) is 11.9 Å². The van der Waals surface area contributed by atoms with Crippen LogP contribution in [-0.2, 0) is 26.2 Å². The van der Waals surface area contributed by atoms with Crippen LogP contribution >= 0.6 is 0 Å². The third-order valence-electron chi connectivity index (χ3n) is 5.06. The molecule has 2 rings (SSSR count). The molecule has 33 heavy (non-hydrogen) atoms. The Labute approximate surface area is 193 Å². The molecule has 180 valence electrons. The summed E-state index contributed by atoms with van der Waals surface area (Å²) in [5, 5.41) is 2.77. The van der Waals surface area contributed by atoms with Crippen LogP contribution in [-0.4, -0.2) is 50.5 Å². The van der Waals surface area contributed by atoms with E-state index in [0.29, 0.717) is 12.1 Å². The number of nitrogens with zero attached hydrogens (tertiary/aromatic N) is 2. The van der Waals surface area contributed by atoms with E-state index in [-0.39, 0.29) is 18.1 Å². The van der Waals surface area contributed by atoms with Crippen LogP contribution in [0.15, 0.2) is 48.5 Å². The number of anilines is 1. The molecule has 1 N–H and O–H groups in total. The minimum Gasteiger partial charge on any atom is -0.354 e. The molecule has 0 aliphatic rings. The van der Waals surface area contributed by atoms with Gasteiger partial charge in [-0.05, 0) is 55.3 Å². The van der Waals surface area contributed by atoms with Gasteiger partial charge in [0.1, 0.15) is 24.2 Å². The summed E-state index contributed by atoms with van der Waals surface area (Å²) in [6, 6.07) is 9.27. The molecule has 0 aliphatic heterocycles. The number of unbranched alkanes of at least 4 members (excludes halogenated alkanes) is 1. The highest BCUT2D eigenvalue weighted by atomic mass is 32.2. The van der Waals surface area contributed by atoms with Crippen LogP contribution in [0.5, 0.6) is 0 Å². The number of halogens is 2. The molecular formula is C23H29F2N3O4S. The van der Waals surface area contributed by atoms with Crippen molar-refractivity contribution in [2.45, 2.75) is 39.3 Å². The second-order valence-electron chi connectivity index (χ2n) is 7.71. The van der Waals surface area contributed by atoms with Gasteiger partial charge in [0.25, 0.3) is 0 Å². The Kier molecular flexibility index (Phi) is 9.33. The molecule has 0 saturated carbocycles. The van der Waals surface area contributed by atoms with Crippen molar-refractivity contribution in [2.75, 3.05) is 23.7 Å². The number of nitrogens with one attached hydrogen (secondary N) is 1. The fourth-order valence-electron chi connectivity index (χ4n) is 3.13. The Hall–Kier alpha value is -3.01. The predicted octanol–water partition coefficient (Wildman–Crippen LogP) is 3.06. The van der Waals surface area contributed by atoms with Crippen molar-refractivity contribution in [1.29, 1.82) is 0 Å². The van der Waals surface area contributed by atoms with Crippen molar-refractivity contribution < 1.29 is 26.8 Å². The predicted molar refractivity (Wildman–Crippen MR) is 123 cm³/mol. The van der Waals surface area contributed by atoms with Crippen molar-refractivity contribution in [3.8, 4) is 0 Å². The first-order chi connectivity index (χ1) is 15.5. The van der Waals surface area contributed by atoms with E-state index in [0.717, 1.165) is 35.5 Å². The second kappa shape index (κ2) is 11.7. The van der Waals surface area contributed by atoms with E-state index < -0.39 is 40.2 Å². The molecule has 0 aliphatic carbocycles. The van der Waals surface area contributed by atoms with Crippen LogP contribution in [0.25, 0.3) is 0 Å². The molecule has 0 radical (unpaired) electrons. The molecular weight excluding hydrogens is 452 g/mol. The van der Waals surface area contributed by atoms with E-state index in [1.807, 2.05) is 6.92 Å². The van der Waals surface area contributed by atoms with Crippen molar-refractivity contribution >= 4 is 27.5 Å². The minimum atomic E-state index is -3.89. The Bertz CT molecular complexity index is 1040. The van der Waals surface area contributed by atoms with Gasteiger partial charge in [-0.2, -0.15) is 0 Å². The van der Waals surface area contributed by atoms with Crippen molar-refractivity contribution in [3.05, 3.63) is 65.7 Å². The summed E-state index contributed by atoms with van der Waals surface area (Å²) < 4.78 is 52.3. The smallest absolute Gasteiger partial charge is 0.244 e. The van der Waals surface area contributed by atoms with Gasteiger partial charge in [-0.15, -0.1) is 0 Å². The molecule has 0 saturated heterocycles. The number of hydrogen-bond donors (Lipinski definition) is 1. The number of sulfonamides is 1. The van der Waals surface area contributed by atoms with Gasteiger partial charge >= 0.3 is 0 Å². The van der Waals surface area contributed by atoms with Crippen LogP contribution in [0.2, 0.25) is 0 Å². The molecule has 2 aromatic carbocycles. The number of benzene rings is 2. The Balaban J connectivity index is 2.32. The van der Waals surface area contributed by atoms with Crippen LogP contribution in [0, 0.1) is 11.6 Å². The molecule has 0 aromatic heterocycles. The number of carbonyl (C=O) groups is 2. The Morgan fingerprint density at radius 3 is 2.06 bits per heavy atom. The van der Waals surface area contributed by atoms with E-state index in [4.69, 9.17) is 0 Å². The maximum absolute atomic E-state index is 13.3. The van der Waals surface area contributed by atoms with Gasteiger partial charge in [0, 0.05) is 13.1 Å². The van der Waals surface area contributed by atoms with Crippen molar-refractivity contribution in [1.82, 2.24) is 10.2 Å². The molecule has 10 heteroatoms. The molecule has 1 unspecified atom stereocenters. The van der Waals surface area contributed by atoms with Crippen LogP contribution in [0.1, 0.15) is 32.3 Å².